The van der Waals surface area contributed by atoms with Gasteiger partial charge in [-0.25, -0.2) is 0 Å². The summed E-state index contributed by atoms with van der Waals surface area (Å²) in [5.74, 6) is 0.120. The molecule has 3 aromatic carbocycles. The minimum Gasteiger partial charge on any atom is -0.497 e. The number of Topliss-reactive ketones (excluding diaryl/α,β-unsaturated/α-hetero) is 1. The van der Waals surface area contributed by atoms with Crippen LogP contribution in [0.15, 0.2) is 83.7 Å². The fourth-order valence-corrected chi connectivity index (χ4v) is 3.74. The van der Waals surface area contributed by atoms with E-state index in [1.807, 2.05) is 48.5 Å². The Labute approximate surface area is 197 Å². The first-order valence-corrected chi connectivity index (χ1v) is 10.8. The maximum atomic E-state index is 13.4. The summed E-state index contributed by atoms with van der Waals surface area (Å²) in [6.45, 7) is 1.59. The molecule has 0 radical (unpaired) electrons. The highest BCUT2D eigenvalue weighted by Gasteiger charge is 2.14. The minimum absolute atomic E-state index is 0.0935. The predicted octanol–water partition coefficient (Wildman–Crippen LogP) is 4.46. The van der Waals surface area contributed by atoms with Gasteiger partial charge < -0.3 is 15.4 Å². The number of nitrogens with one attached hydrogen (secondary N) is 2. The molecule has 4 aromatic rings. The van der Waals surface area contributed by atoms with Crippen LogP contribution in [0.25, 0.3) is 10.9 Å². The van der Waals surface area contributed by atoms with Gasteiger partial charge in [0, 0.05) is 35.1 Å². The van der Waals surface area contributed by atoms with Crippen LogP contribution >= 0.6 is 0 Å². The van der Waals surface area contributed by atoms with Crippen molar-refractivity contribution in [1.29, 1.82) is 0 Å². The number of ketones is 1. The highest BCUT2D eigenvalue weighted by molar-refractivity contribution is 5.97. The molecule has 0 spiro atoms. The molecule has 0 unspecified atom stereocenters. The lowest BCUT2D eigenvalue weighted by Crippen LogP contribution is -2.30. The molecule has 4 rings (SSSR count). The molecular weight excluding hydrogens is 430 g/mol. The highest BCUT2D eigenvalue weighted by Crippen LogP contribution is 2.21. The summed E-state index contributed by atoms with van der Waals surface area (Å²) in [6.07, 6.45) is 0. The van der Waals surface area contributed by atoms with E-state index in [1.165, 1.54) is 11.5 Å². The third kappa shape index (κ3) is 5.15. The second kappa shape index (κ2) is 10.0. The number of hydrogen-bond acceptors (Lipinski definition) is 5. The van der Waals surface area contributed by atoms with Crippen LogP contribution in [0.3, 0.4) is 0 Å². The van der Waals surface area contributed by atoms with Gasteiger partial charge in [-0.1, -0.05) is 30.3 Å². The number of ether oxygens (including phenoxy) is 1. The quantitative estimate of drug-likeness (QED) is 0.383. The molecule has 2 N–H and O–H groups in total. The van der Waals surface area contributed by atoms with Crippen molar-refractivity contribution in [2.75, 3.05) is 17.7 Å². The van der Waals surface area contributed by atoms with Crippen molar-refractivity contribution in [2.24, 2.45) is 0 Å². The maximum absolute atomic E-state index is 13.4. The van der Waals surface area contributed by atoms with Crippen molar-refractivity contribution < 1.29 is 14.3 Å². The van der Waals surface area contributed by atoms with Crippen molar-refractivity contribution in [3.63, 3.8) is 0 Å². The van der Waals surface area contributed by atoms with E-state index in [9.17, 15) is 14.4 Å². The molecule has 0 atom stereocenters. The zero-order valence-electron chi connectivity index (χ0n) is 19.0. The predicted molar refractivity (Wildman–Crippen MR) is 134 cm³/mol. The van der Waals surface area contributed by atoms with E-state index in [4.69, 9.17) is 4.74 Å². The Morgan fingerprint density at radius 2 is 1.68 bits per heavy atom. The van der Waals surface area contributed by atoms with Crippen LogP contribution < -0.4 is 20.9 Å². The standard InChI is InChI=1S/C27H25N3O4/c1-18(31)19-7-6-10-23(14-19)29-26(32)17-30-25-15-24(34-2)12-11-20(25)13-21(27(30)33)16-28-22-8-4-3-5-9-22/h3-15,28H,16-17H2,1-2H3,(H,29,32). The number of rotatable bonds is 8. The van der Waals surface area contributed by atoms with Crippen LogP contribution in [0.4, 0.5) is 11.4 Å². The fourth-order valence-electron chi connectivity index (χ4n) is 3.74. The SMILES string of the molecule is COc1ccc2cc(CNc3ccccc3)c(=O)n(CC(=O)Nc3cccc(C(C)=O)c3)c2c1. The average Bonchev–Trinajstić information content (AvgIpc) is 2.85. The Morgan fingerprint density at radius 3 is 2.41 bits per heavy atom. The van der Waals surface area contributed by atoms with Gasteiger partial charge in [0.15, 0.2) is 5.78 Å². The second-order valence-corrected chi connectivity index (χ2v) is 7.89. The number of nitrogens with zero attached hydrogens (tertiary/aromatic N) is 1. The summed E-state index contributed by atoms with van der Waals surface area (Å²) in [4.78, 5) is 37.9. The van der Waals surface area contributed by atoms with E-state index in [0.717, 1.165) is 11.1 Å². The molecule has 0 aliphatic rings. The zero-order valence-corrected chi connectivity index (χ0v) is 19.0. The van der Waals surface area contributed by atoms with Gasteiger partial charge in [-0.05, 0) is 54.8 Å². The molecule has 34 heavy (non-hydrogen) atoms. The normalized spacial score (nSPS) is 10.6. The second-order valence-electron chi connectivity index (χ2n) is 7.89. The van der Waals surface area contributed by atoms with Crippen LogP contribution in [0, 0.1) is 0 Å². The summed E-state index contributed by atoms with van der Waals surface area (Å²) >= 11 is 0. The van der Waals surface area contributed by atoms with Crippen LogP contribution in [0.1, 0.15) is 22.8 Å². The average molecular weight is 456 g/mol. The molecule has 0 bridgehead atoms. The van der Waals surface area contributed by atoms with E-state index >= 15 is 0 Å². The van der Waals surface area contributed by atoms with Crippen molar-refractivity contribution in [3.8, 4) is 5.75 Å². The minimum atomic E-state index is -0.375. The molecular formula is C27H25N3O4. The summed E-state index contributed by atoms with van der Waals surface area (Å²) < 4.78 is 6.78. The monoisotopic (exact) mass is 455 g/mol. The molecule has 0 saturated heterocycles. The Hall–Kier alpha value is -4.39. The lowest BCUT2D eigenvalue weighted by molar-refractivity contribution is -0.116. The fraction of sp³-hybridized carbons (Fsp3) is 0.148. The van der Waals surface area contributed by atoms with Crippen LogP contribution in [0.2, 0.25) is 0 Å². The van der Waals surface area contributed by atoms with Gasteiger partial charge >= 0.3 is 0 Å². The third-order valence-corrected chi connectivity index (χ3v) is 5.49. The van der Waals surface area contributed by atoms with E-state index in [2.05, 4.69) is 10.6 Å². The Kier molecular flexibility index (Phi) is 6.73. The largest absolute Gasteiger partial charge is 0.497 e. The lowest BCUT2D eigenvalue weighted by atomic mass is 10.1. The molecule has 0 aliphatic heterocycles. The smallest absolute Gasteiger partial charge is 0.256 e. The molecule has 7 heteroatoms. The number of benzene rings is 3. The zero-order chi connectivity index (χ0) is 24.1. The van der Waals surface area contributed by atoms with Crippen LogP contribution in [-0.4, -0.2) is 23.4 Å². The van der Waals surface area contributed by atoms with Crippen molar-refractivity contribution >= 4 is 34.0 Å². The van der Waals surface area contributed by atoms with Gasteiger partial charge in [0.05, 0.1) is 12.6 Å². The van der Waals surface area contributed by atoms with E-state index in [0.29, 0.717) is 34.6 Å². The summed E-state index contributed by atoms with van der Waals surface area (Å²) in [6, 6.07) is 23.6. The molecule has 0 fully saturated rings. The molecule has 0 aliphatic carbocycles. The number of methoxy groups -OCH3 is 1. The molecule has 172 valence electrons. The van der Waals surface area contributed by atoms with Gasteiger partial charge in [0.2, 0.25) is 5.91 Å². The summed E-state index contributed by atoms with van der Waals surface area (Å²) in [5.41, 5.74) is 2.75. The topological polar surface area (TPSA) is 89.4 Å². The first-order chi connectivity index (χ1) is 16.4. The number of aromatic nitrogens is 1. The van der Waals surface area contributed by atoms with Crippen molar-refractivity contribution in [3.05, 3.63) is 100 Å². The number of hydrogen-bond donors (Lipinski definition) is 2. The number of carbonyl (C=O) groups excluding carboxylic acids is 2. The molecule has 1 heterocycles. The Bertz CT molecular complexity index is 1410. The molecule has 1 amide bonds. The van der Waals surface area contributed by atoms with Crippen LogP contribution in [0.5, 0.6) is 5.75 Å². The summed E-state index contributed by atoms with van der Waals surface area (Å²) in [5, 5.41) is 6.86. The first-order valence-electron chi connectivity index (χ1n) is 10.8. The number of pyridine rings is 1. The maximum Gasteiger partial charge on any atom is 0.256 e. The van der Waals surface area contributed by atoms with Gasteiger partial charge in [-0.15, -0.1) is 0 Å². The van der Waals surface area contributed by atoms with Gasteiger partial charge in [0.25, 0.3) is 5.56 Å². The third-order valence-electron chi connectivity index (χ3n) is 5.49. The summed E-state index contributed by atoms with van der Waals surface area (Å²) in [7, 11) is 1.55. The molecule has 1 aromatic heterocycles. The lowest BCUT2D eigenvalue weighted by Gasteiger charge is -2.15. The van der Waals surface area contributed by atoms with Crippen molar-refractivity contribution in [1.82, 2.24) is 4.57 Å². The van der Waals surface area contributed by atoms with E-state index < -0.39 is 0 Å². The van der Waals surface area contributed by atoms with Gasteiger partial charge in [-0.2, -0.15) is 0 Å². The van der Waals surface area contributed by atoms with Gasteiger partial charge in [-0.3, -0.25) is 19.0 Å². The number of amides is 1. The molecule has 7 nitrogen and oxygen atoms in total. The van der Waals surface area contributed by atoms with Crippen molar-refractivity contribution in [2.45, 2.75) is 20.0 Å². The van der Waals surface area contributed by atoms with Crippen LogP contribution in [-0.2, 0) is 17.9 Å². The number of anilines is 2. The Balaban J connectivity index is 1.66. The molecule has 0 saturated carbocycles. The highest BCUT2D eigenvalue weighted by atomic mass is 16.5. The first kappa shape index (κ1) is 22.8. The Morgan fingerprint density at radius 1 is 0.912 bits per heavy atom. The number of fused-ring (bicyclic) bond motifs is 1. The number of para-hydroxylation sites is 1. The number of carbonyl (C=O) groups is 2. The van der Waals surface area contributed by atoms with E-state index in [-0.39, 0.29) is 23.8 Å². The van der Waals surface area contributed by atoms with E-state index in [1.54, 1.807) is 37.4 Å². The van der Waals surface area contributed by atoms with Gasteiger partial charge in [0.1, 0.15) is 12.3 Å².